The number of carbonyl (C=O) groups is 1. The van der Waals surface area contributed by atoms with Crippen molar-refractivity contribution in [1.82, 2.24) is 14.9 Å². The van der Waals surface area contributed by atoms with Crippen LogP contribution in [0.15, 0.2) is 53.1 Å². The van der Waals surface area contributed by atoms with Crippen LogP contribution in [0.5, 0.6) is 0 Å². The predicted molar refractivity (Wildman–Crippen MR) is 120 cm³/mol. The van der Waals surface area contributed by atoms with E-state index in [0.717, 1.165) is 53.0 Å². The topological polar surface area (TPSA) is 83.4 Å². The number of furan rings is 1. The van der Waals surface area contributed by atoms with Gasteiger partial charge < -0.3 is 19.5 Å². The number of fused-ring (bicyclic) bond motifs is 2. The van der Waals surface area contributed by atoms with Crippen LogP contribution in [0.1, 0.15) is 11.4 Å². The molecule has 0 unspecified atom stereocenters. The number of nitrogens with zero attached hydrogens (tertiary/aromatic N) is 2. The number of nitrogens with one attached hydrogen (secondary N) is 2. The second kappa shape index (κ2) is 8.53. The summed E-state index contributed by atoms with van der Waals surface area (Å²) in [6.45, 7) is 5.17. The summed E-state index contributed by atoms with van der Waals surface area (Å²) >= 11 is 0. The average Bonchev–Trinajstić information content (AvgIpc) is 3.30. The van der Waals surface area contributed by atoms with Gasteiger partial charge in [-0.05, 0) is 55.2 Å². The fourth-order valence-corrected chi connectivity index (χ4v) is 4.38. The fraction of sp³-hybridized carbons (Fsp3) is 0.333. The quantitative estimate of drug-likeness (QED) is 0.516. The molecular weight excluding hydrogens is 392 g/mol. The minimum atomic E-state index is -0.0202. The zero-order valence-electron chi connectivity index (χ0n) is 17.6. The third-order valence-electron chi connectivity index (χ3n) is 5.77. The highest BCUT2D eigenvalue weighted by Crippen LogP contribution is 2.24. The number of imidazole rings is 1. The number of hydrogen-bond donors (Lipinski definition) is 2. The van der Waals surface area contributed by atoms with Crippen molar-refractivity contribution in [3.8, 4) is 0 Å². The van der Waals surface area contributed by atoms with Crippen LogP contribution in [-0.4, -0.2) is 53.6 Å². The van der Waals surface area contributed by atoms with Crippen LogP contribution in [0.25, 0.3) is 22.0 Å². The lowest BCUT2D eigenvalue weighted by Gasteiger charge is -2.23. The summed E-state index contributed by atoms with van der Waals surface area (Å²) in [5.41, 5.74) is 4.76. The van der Waals surface area contributed by atoms with Crippen molar-refractivity contribution >= 4 is 33.6 Å². The molecule has 0 bridgehead atoms. The number of aromatic amines is 1. The summed E-state index contributed by atoms with van der Waals surface area (Å²) < 4.78 is 11.4. The second-order valence-electron chi connectivity index (χ2n) is 8.23. The summed E-state index contributed by atoms with van der Waals surface area (Å²) in [4.78, 5) is 22.5. The largest absolute Gasteiger partial charge is 0.464 e. The van der Waals surface area contributed by atoms with Gasteiger partial charge in [0.25, 0.3) is 0 Å². The summed E-state index contributed by atoms with van der Waals surface area (Å²) in [6, 6.07) is 13.9. The highest BCUT2D eigenvalue weighted by molar-refractivity contribution is 5.94. The predicted octanol–water partition coefficient (Wildman–Crippen LogP) is 3.75. The lowest BCUT2D eigenvalue weighted by molar-refractivity contribution is -0.117. The number of anilines is 1. The number of aromatic nitrogens is 2. The van der Waals surface area contributed by atoms with Crippen LogP contribution >= 0.6 is 0 Å². The molecular formula is C24H26N4O3. The Hall–Kier alpha value is -3.16. The second-order valence-corrected chi connectivity index (χ2v) is 8.23. The molecule has 1 aliphatic heterocycles. The first-order chi connectivity index (χ1) is 15.1. The standard InChI is InChI=1S/C24H26N4O3/c1-16-25-21-6-5-19(12-22(21)26-16)27-24(29)14-28-8-10-30-15-17(13-28)11-18-3-2-4-23-20(18)7-9-31-23/h2-7,9,12,17H,8,10-11,13-15H2,1H3,(H,25,26)(H,27,29)/t17-/m0/s1. The first-order valence-corrected chi connectivity index (χ1v) is 10.7. The van der Waals surface area contributed by atoms with E-state index in [4.69, 9.17) is 9.15 Å². The SMILES string of the molecule is Cc1nc2ccc(NC(=O)CN3CCOC[C@@H](Cc4cccc5occc45)C3)cc2[nH]1. The molecule has 0 aliphatic carbocycles. The Balaban J connectivity index is 1.23. The van der Waals surface area contributed by atoms with Gasteiger partial charge in [0.15, 0.2) is 0 Å². The number of carbonyl (C=O) groups excluding carboxylic acids is 1. The normalized spacial score (nSPS) is 17.8. The molecule has 31 heavy (non-hydrogen) atoms. The van der Waals surface area contributed by atoms with E-state index in [-0.39, 0.29) is 5.91 Å². The van der Waals surface area contributed by atoms with E-state index in [9.17, 15) is 4.79 Å². The van der Waals surface area contributed by atoms with E-state index < -0.39 is 0 Å². The monoisotopic (exact) mass is 418 g/mol. The molecule has 1 amide bonds. The van der Waals surface area contributed by atoms with E-state index in [2.05, 4.69) is 26.3 Å². The number of aryl methyl sites for hydroxylation is 1. The Morgan fingerprint density at radius 1 is 1.29 bits per heavy atom. The smallest absolute Gasteiger partial charge is 0.238 e. The molecule has 7 heteroatoms. The highest BCUT2D eigenvalue weighted by atomic mass is 16.5. The van der Waals surface area contributed by atoms with Gasteiger partial charge in [-0.1, -0.05) is 12.1 Å². The fourth-order valence-electron chi connectivity index (χ4n) is 4.38. The Labute approximate surface area is 180 Å². The van der Waals surface area contributed by atoms with Gasteiger partial charge in [0.1, 0.15) is 11.4 Å². The number of rotatable bonds is 5. The minimum Gasteiger partial charge on any atom is -0.464 e. The van der Waals surface area contributed by atoms with Gasteiger partial charge in [-0.2, -0.15) is 0 Å². The van der Waals surface area contributed by atoms with Crippen molar-refractivity contribution < 1.29 is 13.9 Å². The minimum absolute atomic E-state index is 0.0202. The van der Waals surface area contributed by atoms with Crippen molar-refractivity contribution in [2.24, 2.45) is 5.92 Å². The Bertz CT molecular complexity index is 1210. The molecule has 1 fully saturated rings. The summed E-state index contributed by atoms with van der Waals surface area (Å²) in [5.74, 6) is 1.16. The molecule has 1 saturated heterocycles. The molecule has 7 nitrogen and oxygen atoms in total. The van der Waals surface area contributed by atoms with Crippen LogP contribution in [0.4, 0.5) is 5.69 Å². The van der Waals surface area contributed by atoms with E-state index >= 15 is 0 Å². The molecule has 0 radical (unpaired) electrons. The maximum absolute atomic E-state index is 12.7. The van der Waals surface area contributed by atoms with Gasteiger partial charge in [-0.15, -0.1) is 0 Å². The average molecular weight is 418 g/mol. The van der Waals surface area contributed by atoms with E-state index in [1.54, 1.807) is 6.26 Å². The van der Waals surface area contributed by atoms with Crippen LogP contribution in [0.2, 0.25) is 0 Å². The lowest BCUT2D eigenvalue weighted by atomic mass is 9.97. The number of hydrogen-bond acceptors (Lipinski definition) is 5. The Kier molecular flexibility index (Phi) is 5.44. The lowest BCUT2D eigenvalue weighted by Crippen LogP contribution is -2.37. The molecule has 4 aromatic rings. The zero-order chi connectivity index (χ0) is 21.2. The molecule has 3 heterocycles. The number of H-pyrrole nitrogens is 1. The molecule has 1 atom stereocenters. The molecule has 2 aromatic carbocycles. The van der Waals surface area contributed by atoms with Crippen molar-refractivity contribution in [1.29, 1.82) is 0 Å². The maximum Gasteiger partial charge on any atom is 0.238 e. The number of benzene rings is 2. The summed E-state index contributed by atoms with van der Waals surface area (Å²) in [7, 11) is 0. The van der Waals surface area contributed by atoms with Crippen LogP contribution in [0, 0.1) is 12.8 Å². The molecule has 2 N–H and O–H groups in total. The number of ether oxygens (including phenoxy) is 1. The van der Waals surface area contributed by atoms with E-state index in [1.165, 1.54) is 5.56 Å². The van der Waals surface area contributed by atoms with Crippen LogP contribution in [0.3, 0.4) is 0 Å². The third kappa shape index (κ3) is 4.47. The highest BCUT2D eigenvalue weighted by Gasteiger charge is 2.22. The van der Waals surface area contributed by atoms with Gasteiger partial charge in [-0.3, -0.25) is 9.69 Å². The zero-order valence-corrected chi connectivity index (χ0v) is 17.6. The molecule has 0 saturated carbocycles. The Morgan fingerprint density at radius 3 is 3.16 bits per heavy atom. The van der Waals surface area contributed by atoms with Gasteiger partial charge >= 0.3 is 0 Å². The van der Waals surface area contributed by atoms with Gasteiger partial charge in [0.05, 0.1) is 37.1 Å². The van der Waals surface area contributed by atoms with Crippen molar-refractivity contribution in [2.45, 2.75) is 13.3 Å². The summed E-state index contributed by atoms with van der Waals surface area (Å²) in [5, 5.41) is 4.17. The van der Waals surface area contributed by atoms with Crippen LogP contribution < -0.4 is 5.32 Å². The van der Waals surface area contributed by atoms with E-state index in [0.29, 0.717) is 25.7 Å². The molecule has 0 spiro atoms. The Morgan fingerprint density at radius 2 is 2.23 bits per heavy atom. The maximum atomic E-state index is 12.7. The number of amides is 1. The molecule has 1 aliphatic rings. The first kappa shape index (κ1) is 19.8. The van der Waals surface area contributed by atoms with Gasteiger partial charge in [0, 0.05) is 24.2 Å². The summed E-state index contributed by atoms with van der Waals surface area (Å²) in [6.07, 6.45) is 2.63. The molecule has 2 aromatic heterocycles. The molecule has 5 rings (SSSR count). The van der Waals surface area contributed by atoms with Crippen LogP contribution in [-0.2, 0) is 16.0 Å². The van der Waals surface area contributed by atoms with Gasteiger partial charge in [0.2, 0.25) is 5.91 Å². The van der Waals surface area contributed by atoms with Gasteiger partial charge in [-0.25, -0.2) is 4.98 Å². The third-order valence-corrected chi connectivity index (χ3v) is 5.77. The van der Waals surface area contributed by atoms with Crippen molar-refractivity contribution in [2.75, 3.05) is 38.2 Å². The van der Waals surface area contributed by atoms with Crippen molar-refractivity contribution in [3.05, 3.63) is 60.1 Å². The first-order valence-electron chi connectivity index (χ1n) is 10.7. The van der Waals surface area contributed by atoms with E-state index in [1.807, 2.05) is 43.3 Å². The van der Waals surface area contributed by atoms with Crippen molar-refractivity contribution in [3.63, 3.8) is 0 Å². The molecule has 160 valence electrons.